The van der Waals surface area contributed by atoms with Gasteiger partial charge in [0, 0.05) is 24.7 Å². The summed E-state index contributed by atoms with van der Waals surface area (Å²) in [6, 6.07) is 10.1. The summed E-state index contributed by atoms with van der Waals surface area (Å²) in [6.07, 6.45) is 3.04. The van der Waals surface area contributed by atoms with Crippen LogP contribution in [-0.4, -0.2) is 30.2 Å². The van der Waals surface area contributed by atoms with Crippen LogP contribution in [0.3, 0.4) is 0 Å². The van der Waals surface area contributed by atoms with Crippen molar-refractivity contribution in [3.05, 3.63) is 52.7 Å². The van der Waals surface area contributed by atoms with Gasteiger partial charge in [0.1, 0.15) is 11.1 Å². The third-order valence-corrected chi connectivity index (χ3v) is 4.06. The molecule has 1 saturated heterocycles. The summed E-state index contributed by atoms with van der Waals surface area (Å²) in [5.74, 6) is -0.0137. The van der Waals surface area contributed by atoms with E-state index in [1.165, 1.54) is 12.3 Å². The van der Waals surface area contributed by atoms with Crippen LogP contribution >= 0.6 is 11.6 Å². The van der Waals surface area contributed by atoms with Crippen LogP contribution in [0.4, 0.5) is 5.69 Å². The first-order valence-electron chi connectivity index (χ1n) is 7.87. The van der Waals surface area contributed by atoms with Crippen LogP contribution in [0.25, 0.3) is 0 Å². The Labute approximate surface area is 150 Å². The lowest BCUT2D eigenvalue weighted by Crippen LogP contribution is -2.26. The number of rotatable bonds is 4. The molecule has 0 bridgehead atoms. The molecule has 1 fully saturated rings. The first-order valence-corrected chi connectivity index (χ1v) is 8.25. The number of ether oxygens (including phenoxy) is 2. The van der Waals surface area contributed by atoms with Gasteiger partial charge in [-0.2, -0.15) is 5.26 Å². The number of aromatic nitrogens is 1. The van der Waals surface area contributed by atoms with Crippen molar-refractivity contribution in [2.75, 3.05) is 18.5 Å². The highest BCUT2D eigenvalue weighted by molar-refractivity contribution is 6.32. The Bertz CT molecular complexity index is 796. The van der Waals surface area contributed by atoms with Crippen LogP contribution in [-0.2, 0) is 4.74 Å². The third-order valence-electron chi connectivity index (χ3n) is 3.79. The molecule has 1 amide bonds. The van der Waals surface area contributed by atoms with Crippen molar-refractivity contribution in [3.63, 3.8) is 0 Å². The quantitative estimate of drug-likeness (QED) is 0.906. The number of benzene rings is 1. The van der Waals surface area contributed by atoms with Gasteiger partial charge in [-0.1, -0.05) is 11.6 Å². The van der Waals surface area contributed by atoms with Gasteiger partial charge >= 0.3 is 0 Å². The summed E-state index contributed by atoms with van der Waals surface area (Å²) in [4.78, 5) is 16.5. The second-order valence-corrected chi connectivity index (χ2v) is 5.99. The van der Waals surface area contributed by atoms with Crippen molar-refractivity contribution in [2.45, 2.75) is 18.9 Å². The van der Waals surface area contributed by atoms with E-state index in [0.717, 1.165) is 12.8 Å². The number of nitrogens with one attached hydrogen (secondary N) is 1. The largest absolute Gasteiger partial charge is 0.473 e. The highest BCUT2D eigenvalue weighted by atomic mass is 35.5. The van der Waals surface area contributed by atoms with Crippen LogP contribution in [0.1, 0.15) is 28.8 Å². The Morgan fingerprint density at radius 1 is 1.32 bits per heavy atom. The highest BCUT2D eigenvalue weighted by Crippen LogP contribution is 2.26. The molecule has 2 aromatic rings. The molecular formula is C18H16ClN3O3. The summed E-state index contributed by atoms with van der Waals surface area (Å²) < 4.78 is 11.1. The van der Waals surface area contributed by atoms with E-state index in [2.05, 4.69) is 10.3 Å². The molecule has 1 aliphatic heterocycles. The molecule has 0 saturated carbocycles. The van der Waals surface area contributed by atoms with E-state index in [1.807, 2.05) is 6.07 Å². The maximum atomic E-state index is 12.3. The van der Waals surface area contributed by atoms with E-state index in [0.29, 0.717) is 40.9 Å². The second kappa shape index (κ2) is 7.97. The van der Waals surface area contributed by atoms with Crippen LogP contribution in [0.5, 0.6) is 5.88 Å². The number of pyridine rings is 1. The Balaban J connectivity index is 1.66. The van der Waals surface area contributed by atoms with Gasteiger partial charge in [-0.25, -0.2) is 4.98 Å². The van der Waals surface area contributed by atoms with Gasteiger partial charge in [0.25, 0.3) is 5.91 Å². The van der Waals surface area contributed by atoms with Crippen molar-refractivity contribution in [1.82, 2.24) is 4.98 Å². The van der Waals surface area contributed by atoms with Gasteiger partial charge in [0.05, 0.1) is 30.4 Å². The number of hydrogen-bond acceptors (Lipinski definition) is 5. The zero-order valence-electron chi connectivity index (χ0n) is 13.4. The Morgan fingerprint density at radius 3 is 2.68 bits per heavy atom. The second-order valence-electron chi connectivity index (χ2n) is 5.58. The normalized spacial score (nSPS) is 14.6. The number of carbonyl (C=O) groups is 1. The Morgan fingerprint density at radius 2 is 2.04 bits per heavy atom. The minimum atomic E-state index is -0.336. The fraction of sp³-hybridized carbons (Fsp3) is 0.278. The number of hydrogen-bond donors (Lipinski definition) is 1. The van der Waals surface area contributed by atoms with Crippen LogP contribution in [0.15, 0.2) is 36.5 Å². The molecule has 0 atom stereocenters. The molecule has 0 unspecified atom stereocenters. The average molecular weight is 358 g/mol. The van der Waals surface area contributed by atoms with E-state index in [-0.39, 0.29) is 12.0 Å². The molecule has 1 aromatic carbocycles. The van der Waals surface area contributed by atoms with E-state index < -0.39 is 0 Å². The zero-order chi connectivity index (χ0) is 17.6. The summed E-state index contributed by atoms with van der Waals surface area (Å²) >= 11 is 6.20. The zero-order valence-corrected chi connectivity index (χ0v) is 14.1. The van der Waals surface area contributed by atoms with Crippen molar-refractivity contribution in [2.24, 2.45) is 0 Å². The van der Waals surface area contributed by atoms with E-state index in [1.54, 1.807) is 24.3 Å². The molecule has 1 N–H and O–H groups in total. The minimum Gasteiger partial charge on any atom is -0.473 e. The Hall–Kier alpha value is -2.62. The topological polar surface area (TPSA) is 84.2 Å². The van der Waals surface area contributed by atoms with Crippen molar-refractivity contribution < 1.29 is 14.3 Å². The number of nitriles is 1. The maximum absolute atomic E-state index is 12.3. The van der Waals surface area contributed by atoms with Crippen molar-refractivity contribution in [3.8, 4) is 11.9 Å². The lowest BCUT2D eigenvalue weighted by Gasteiger charge is -2.23. The van der Waals surface area contributed by atoms with Gasteiger partial charge in [-0.15, -0.1) is 0 Å². The fourth-order valence-corrected chi connectivity index (χ4v) is 2.63. The summed E-state index contributed by atoms with van der Waals surface area (Å²) in [5, 5.41) is 11.8. The first kappa shape index (κ1) is 17.2. The minimum absolute atomic E-state index is 0.0251. The molecule has 1 aromatic heterocycles. The van der Waals surface area contributed by atoms with Crippen molar-refractivity contribution >= 4 is 23.2 Å². The molecule has 3 rings (SSSR count). The smallest absolute Gasteiger partial charge is 0.257 e. The lowest BCUT2D eigenvalue weighted by atomic mass is 10.1. The number of anilines is 1. The SMILES string of the molecule is N#Cc1ccc(NC(=O)c2cnc(OC3CCOCC3)c(Cl)c2)cc1. The standard InChI is InChI=1S/C18H16ClN3O3/c19-16-9-13(11-21-18(16)25-15-5-7-24-8-6-15)17(23)22-14-3-1-12(10-20)2-4-14/h1-4,9,11,15H,5-8H2,(H,22,23). The molecule has 25 heavy (non-hydrogen) atoms. The maximum Gasteiger partial charge on any atom is 0.257 e. The lowest BCUT2D eigenvalue weighted by molar-refractivity contribution is 0.0238. The van der Waals surface area contributed by atoms with Gasteiger partial charge in [0.2, 0.25) is 5.88 Å². The van der Waals surface area contributed by atoms with E-state index in [4.69, 9.17) is 26.3 Å². The molecule has 1 aliphatic rings. The molecule has 0 radical (unpaired) electrons. The highest BCUT2D eigenvalue weighted by Gasteiger charge is 2.18. The number of carbonyl (C=O) groups excluding carboxylic acids is 1. The van der Waals surface area contributed by atoms with Gasteiger partial charge in [-0.05, 0) is 30.3 Å². The first-order chi connectivity index (χ1) is 12.2. The number of nitrogens with zero attached hydrogens (tertiary/aromatic N) is 2. The van der Waals surface area contributed by atoms with Crippen LogP contribution in [0, 0.1) is 11.3 Å². The van der Waals surface area contributed by atoms with Gasteiger partial charge in [0.15, 0.2) is 0 Å². The van der Waals surface area contributed by atoms with Crippen molar-refractivity contribution in [1.29, 1.82) is 5.26 Å². The number of halogens is 1. The summed E-state index contributed by atoms with van der Waals surface area (Å²) in [5.41, 5.74) is 1.44. The molecule has 0 spiro atoms. The summed E-state index contributed by atoms with van der Waals surface area (Å²) in [6.45, 7) is 1.32. The molecule has 0 aliphatic carbocycles. The summed E-state index contributed by atoms with van der Waals surface area (Å²) in [7, 11) is 0. The average Bonchev–Trinajstić information content (AvgIpc) is 2.65. The predicted octanol–water partition coefficient (Wildman–Crippen LogP) is 3.42. The Kier molecular flexibility index (Phi) is 5.49. The van der Waals surface area contributed by atoms with Crippen LogP contribution < -0.4 is 10.1 Å². The number of amides is 1. The monoisotopic (exact) mass is 357 g/mol. The van der Waals surface area contributed by atoms with E-state index >= 15 is 0 Å². The third kappa shape index (κ3) is 4.47. The fourth-order valence-electron chi connectivity index (χ4n) is 2.42. The molecule has 2 heterocycles. The van der Waals surface area contributed by atoms with Gasteiger partial charge in [-0.3, -0.25) is 4.79 Å². The van der Waals surface area contributed by atoms with Crippen LogP contribution in [0.2, 0.25) is 5.02 Å². The molecule has 128 valence electrons. The van der Waals surface area contributed by atoms with E-state index in [9.17, 15) is 4.79 Å². The van der Waals surface area contributed by atoms with Gasteiger partial charge < -0.3 is 14.8 Å². The molecule has 6 nitrogen and oxygen atoms in total. The predicted molar refractivity (Wildman–Crippen MR) is 92.8 cm³/mol. The molecular weight excluding hydrogens is 342 g/mol. The molecule has 7 heteroatoms.